The van der Waals surface area contributed by atoms with E-state index in [2.05, 4.69) is 20.8 Å². The van der Waals surface area contributed by atoms with Crippen LogP contribution < -0.4 is 25.7 Å². The number of nitrogens with zero attached hydrogens (tertiary/aromatic N) is 1. The van der Waals surface area contributed by atoms with E-state index < -0.39 is 5.91 Å². The summed E-state index contributed by atoms with van der Waals surface area (Å²) in [6.45, 7) is 0.499. The molecule has 0 atom stereocenters. The molecule has 0 bridgehead atoms. The molecule has 9 heteroatoms. The van der Waals surface area contributed by atoms with E-state index in [0.717, 1.165) is 5.56 Å². The Hall–Kier alpha value is -3.36. The lowest BCUT2D eigenvalue weighted by molar-refractivity contribution is -0.120. The molecule has 2 amide bonds. The molecule has 1 aromatic heterocycles. The van der Waals surface area contributed by atoms with Crippen LogP contribution in [0.2, 0.25) is 0 Å². The van der Waals surface area contributed by atoms with Crippen LogP contribution in [0.15, 0.2) is 35.1 Å². The minimum absolute atomic E-state index is 0.0984. The van der Waals surface area contributed by atoms with Crippen LogP contribution in [0.4, 0.5) is 0 Å². The van der Waals surface area contributed by atoms with Gasteiger partial charge in [-0.05, 0) is 23.8 Å². The van der Waals surface area contributed by atoms with E-state index >= 15 is 0 Å². The number of ether oxygens (including phenoxy) is 2. The van der Waals surface area contributed by atoms with E-state index in [-0.39, 0.29) is 36.7 Å². The quantitative estimate of drug-likeness (QED) is 0.564. The Morgan fingerprint density at radius 2 is 1.77 bits per heavy atom. The van der Waals surface area contributed by atoms with E-state index in [4.69, 9.17) is 9.47 Å². The molecule has 0 spiro atoms. The van der Waals surface area contributed by atoms with Crippen molar-refractivity contribution in [2.45, 2.75) is 6.42 Å². The first-order valence-corrected chi connectivity index (χ1v) is 7.85. The fraction of sp³-hybridized carbons (Fsp3) is 0.294. The second kappa shape index (κ2) is 9.21. The molecule has 1 heterocycles. The maximum atomic E-state index is 12.0. The highest BCUT2D eigenvalue weighted by Crippen LogP contribution is 2.27. The van der Waals surface area contributed by atoms with E-state index in [9.17, 15) is 14.4 Å². The molecule has 9 nitrogen and oxygen atoms in total. The number of hydrogen-bond donors (Lipinski definition) is 3. The highest BCUT2D eigenvalue weighted by molar-refractivity contribution is 5.92. The second-order valence-corrected chi connectivity index (χ2v) is 5.28. The summed E-state index contributed by atoms with van der Waals surface area (Å²) in [6, 6.07) is 7.79. The first-order valence-electron chi connectivity index (χ1n) is 7.85. The topological polar surface area (TPSA) is 122 Å². The van der Waals surface area contributed by atoms with E-state index in [1.807, 2.05) is 0 Å². The molecule has 0 radical (unpaired) electrons. The van der Waals surface area contributed by atoms with Gasteiger partial charge < -0.3 is 20.1 Å². The predicted octanol–water partition coefficient (Wildman–Crippen LogP) is -0.124. The maximum Gasteiger partial charge on any atom is 0.271 e. The Morgan fingerprint density at radius 1 is 1.04 bits per heavy atom. The van der Waals surface area contributed by atoms with Crippen molar-refractivity contribution in [1.82, 2.24) is 20.8 Å². The third kappa shape index (κ3) is 5.33. The molecule has 0 unspecified atom stereocenters. The van der Waals surface area contributed by atoms with E-state index in [1.165, 1.54) is 19.2 Å². The van der Waals surface area contributed by atoms with Gasteiger partial charge in [0.2, 0.25) is 5.91 Å². The lowest BCUT2D eigenvalue weighted by atomic mass is 10.1. The summed E-state index contributed by atoms with van der Waals surface area (Å²) in [5.74, 6) is 0.526. The highest BCUT2D eigenvalue weighted by atomic mass is 16.5. The van der Waals surface area contributed by atoms with Crippen LogP contribution in [0.3, 0.4) is 0 Å². The molecule has 0 aliphatic heterocycles. The Kier molecular flexibility index (Phi) is 6.72. The van der Waals surface area contributed by atoms with Crippen LogP contribution in [0.25, 0.3) is 0 Å². The number of aromatic amines is 1. The third-order valence-electron chi connectivity index (χ3n) is 3.46. The standard InChI is InChI=1S/C17H20N4O5/c1-25-13-5-3-11(9-14(13)26-2)10-16(23)18-7-8-19-17(24)12-4-6-15(22)21-20-12/h3-6,9H,7-8,10H2,1-2H3,(H,18,23)(H,19,24)(H,21,22). The summed E-state index contributed by atoms with van der Waals surface area (Å²) in [7, 11) is 3.07. The molecule has 0 fully saturated rings. The summed E-state index contributed by atoms with van der Waals surface area (Å²) < 4.78 is 10.4. The van der Waals surface area contributed by atoms with E-state index in [0.29, 0.717) is 11.5 Å². The second-order valence-electron chi connectivity index (χ2n) is 5.28. The normalized spacial score (nSPS) is 10.1. The molecule has 0 saturated heterocycles. The summed E-state index contributed by atoms with van der Waals surface area (Å²) in [4.78, 5) is 34.7. The van der Waals surface area contributed by atoms with Gasteiger partial charge >= 0.3 is 0 Å². The number of nitrogens with one attached hydrogen (secondary N) is 3. The molecule has 1 aromatic carbocycles. The highest BCUT2D eigenvalue weighted by Gasteiger charge is 2.09. The van der Waals surface area contributed by atoms with Crippen LogP contribution in [0.5, 0.6) is 11.5 Å². The zero-order chi connectivity index (χ0) is 18.9. The third-order valence-corrected chi connectivity index (χ3v) is 3.46. The molecular weight excluding hydrogens is 340 g/mol. The minimum atomic E-state index is -0.435. The number of benzene rings is 1. The number of amides is 2. The molecule has 138 valence electrons. The zero-order valence-corrected chi connectivity index (χ0v) is 14.5. The molecule has 2 rings (SSSR count). The van der Waals surface area contributed by atoms with Gasteiger partial charge in [0.15, 0.2) is 11.5 Å². The van der Waals surface area contributed by atoms with Crippen molar-refractivity contribution in [3.05, 3.63) is 51.9 Å². The zero-order valence-electron chi connectivity index (χ0n) is 14.5. The minimum Gasteiger partial charge on any atom is -0.493 e. The molecule has 0 saturated carbocycles. The van der Waals surface area contributed by atoms with Crippen LogP contribution >= 0.6 is 0 Å². The first kappa shape index (κ1) is 19.0. The average Bonchev–Trinajstić information content (AvgIpc) is 2.65. The monoisotopic (exact) mass is 360 g/mol. The molecule has 3 N–H and O–H groups in total. The van der Waals surface area contributed by atoms with Gasteiger partial charge in [-0.25, -0.2) is 5.10 Å². The molecule has 26 heavy (non-hydrogen) atoms. The van der Waals surface area contributed by atoms with Gasteiger partial charge in [0.05, 0.1) is 20.6 Å². The average molecular weight is 360 g/mol. The van der Waals surface area contributed by atoms with Gasteiger partial charge in [-0.2, -0.15) is 5.10 Å². The van der Waals surface area contributed by atoms with Crippen LogP contribution in [-0.4, -0.2) is 49.3 Å². The Bertz CT molecular complexity index is 814. The largest absolute Gasteiger partial charge is 0.493 e. The van der Waals surface area contributed by atoms with Gasteiger partial charge in [0.1, 0.15) is 5.69 Å². The number of carbonyl (C=O) groups is 2. The number of carbonyl (C=O) groups excluding carboxylic acids is 2. The van der Waals surface area contributed by atoms with Crippen molar-refractivity contribution >= 4 is 11.8 Å². The van der Waals surface area contributed by atoms with Gasteiger partial charge in [-0.3, -0.25) is 14.4 Å². The Balaban J connectivity index is 1.76. The van der Waals surface area contributed by atoms with Crippen molar-refractivity contribution in [3.8, 4) is 11.5 Å². The maximum absolute atomic E-state index is 12.0. The fourth-order valence-electron chi connectivity index (χ4n) is 2.18. The molecule has 2 aromatic rings. The summed E-state index contributed by atoms with van der Waals surface area (Å²) in [5, 5.41) is 11.1. The summed E-state index contributed by atoms with van der Waals surface area (Å²) >= 11 is 0. The van der Waals surface area contributed by atoms with Gasteiger partial charge in [0.25, 0.3) is 11.5 Å². The Labute approximate surface area is 149 Å². The van der Waals surface area contributed by atoms with Crippen molar-refractivity contribution in [2.24, 2.45) is 0 Å². The lowest BCUT2D eigenvalue weighted by Gasteiger charge is -2.10. The number of methoxy groups -OCH3 is 2. The van der Waals surface area contributed by atoms with Gasteiger partial charge in [-0.1, -0.05) is 6.07 Å². The number of aromatic nitrogens is 2. The van der Waals surface area contributed by atoms with Crippen molar-refractivity contribution < 1.29 is 19.1 Å². The van der Waals surface area contributed by atoms with Crippen LogP contribution in [-0.2, 0) is 11.2 Å². The number of hydrogen-bond acceptors (Lipinski definition) is 6. The van der Waals surface area contributed by atoms with Crippen LogP contribution in [0.1, 0.15) is 16.1 Å². The lowest BCUT2D eigenvalue weighted by Crippen LogP contribution is -2.35. The SMILES string of the molecule is COc1ccc(CC(=O)NCCNC(=O)c2ccc(=O)[nH]n2)cc1OC. The van der Waals surface area contributed by atoms with Crippen molar-refractivity contribution in [1.29, 1.82) is 0 Å². The van der Waals surface area contributed by atoms with Crippen molar-refractivity contribution in [3.63, 3.8) is 0 Å². The number of rotatable bonds is 8. The summed E-state index contributed by atoms with van der Waals surface area (Å²) in [6.07, 6.45) is 0.176. The predicted molar refractivity (Wildman–Crippen MR) is 93.5 cm³/mol. The Morgan fingerprint density at radius 3 is 2.42 bits per heavy atom. The van der Waals surface area contributed by atoms with Gasteiger partial charge in [-0.15, -0.1) is 0 Å². The molecular formula is C17H20N4O5. The summed E-state index contributed by atoms with van der Waals surface area (Å²) in [5.41, 5.74) is 0.492. The number of H-pyrrole nitrogens is 1. The van der Waals surface area contributed by atoms with E-state index in [1.54, 1.807) is 25.3 Å². The fourth-order valence-corrected chi connectivity index (χ4v) is 2.18. The molecule has 0 aliphatic carbocycles. The first-order chi connectivity index (χ1) is 12.5. The van der Waals surface area contributed by atoms with Crippen LogP contribution in [0, 0.1) is 0 Å². The molecule has 0 aliphatic rings. The van der Waals surface area contributed by atoms with Gasteiger partial charge in [0, 0.05) is 19.2 Å². The smallest absolute Gasteiger partial charge is 0.271 e. The van der Waals surface area contributed by atoms with Crippen molar-refractivity contribution in [2.75, 3.05) is 27.3 Å².